The van der Waals surface area contributed by atoms with Gasteiger partial charge in [0, 0.05) is 17.7 Å². The first-order chi connectivity index (χ1) is 7.65. The second-order valence-corrected chi connectivity index (χ2v) is 4.09. The van der Waals surface area contributed by atoms with Crippen LogP contribution in [0.15, 0.2) is 6.07 Å². The monoisotopic (exact) mass is 229 g/mol. The lowest BCUT2D eigenvalue weighted by atomic mass is 10.1. The number of rotatable bonds is 3. The van der Waals surface area contributed by atoms with Crippen molar-refractivity contribution in [2.75, 3.05) is 6.54 Å². The van der Waals surface area contributed by atoms with Crippen molar-refractivity contribution < 1.29 is 13.2 Å². The zero-order chi connectivity index (χ0) is 11.7. The van der Waals surface area contributed by atoms with E-state index in [9.17, 15) is 13.2 Å². The summed E-state index contributed by atoms with van der Waals surface area (Å²) in [4.78, 5) is 0. The van der Waals surface area contributed by atoms with Crippen molar-refractivity contribution in [1.29, 1.82) is 0 Å². The van der Waals surface area contributed by atoms with Crippen LogP contribution in [0.2, 0.25) is 0 Å². The lowest BCUT2D eigenvalue weighted by Gasteiger charge is -2.14. The first-order valence-electron chi connectivity index (χ1n) is 5.54. The van der Waals surface area contributed by atoms with Gasteiger partial charge in [-0.25, -0.2) is 13.2 Å². The van der Waals surface area contributed by atoms with Crippen LogP contribution in [0.5, 0.6) is 0 Å². The Morgan fingerprint density at radius 3 is 2.75 bits per heavy atom. The molecule has 0 aliphatic heterocycles. The van der Waals surface area contributed by atoms with Crippen molar-refractivity contribution in [2.24, 2.45) is 0 Å². The van der Waals surface area contributed by atoms with Crippen LogP contribution in [0.4, 0.5) is 13.2 Å². The van der Waals surface area contributed by atoms with Gasteiger partial charge in [-0.1, -0.05) is 6.92 Å². The van der Waals surface area contributed by atoms with Crippen LogP contribution >= 0.6 is 0 Å². The molecule has 0 radical (unpaired) electrons. The Balaban J connectivity index is 2.37. The zero-order valence-corrected chi connectivity index (χ0v) is 9.12. The van der Waals surface area contributed by atoms with E-state index < -0.39 is 17.5 Å². The van der Waals surface area contributed by atoms with Gasteiger partial charge in [-0.05, 0) is 31.4 Å². The summed E-state index contributed by atoms with van der Waals surface area (Å²) in [5.41, 5.74) is 0.512. The molecule has 0 bridgehead atoms. The number of hydrogen-bond acceptors (Lipinski definition) is 1. The molecule has 1 aliphatic rings. The Labute approximate surface area is 92.7 Å². The van der Waals surface area contributed by atoms with Gasteiger partial charge in [0.25, 0.3) is 0 Å². The number of hydrogen-bond donors (Lipinski definition) is 1. The molecular weight excluding hydrogens is 215 g/mol. The molecule has 2 rings (SSSR count). The maximum atomic E-state index is 13.6. The molecule has 1 atom stereocenters. The normalized spacial score (nSPS) is 18.9. The predicted octanol–water partition coefficient (Wildman–Crippen LogP) is 3.09. The van der Waals surface area contributed by atoms with Crippen LogP contribution in [0.3, 0.4) is 0 Å². The minimum Gasteiger partial charge on any atom is -0.310 e. The second-order valence-electron chi connectivity index (χ2n) is 4.09. The number of fused-ring (bicyclic) bond motifs is 1. The molecule has 1 unspecified atom stereocenters. The molecule has 4 heteroatoms. The van der Waals surface area contributed by atoms with Crippen molar-refractivity contribution in [3.05, 3.63) is 34.6 Å². The van der Waals surface area contributed by atoms with Crippen LogP contribution in [-0.4, -0.2) is 6.54 Å². The SMILES string of the molecule is CCCNC1CCc2c(F)cc(F)c(F)c21. The molecule has 1 aliphatic carbocycles. The fourth-order valence-corrected chi connectivity index (χ4v) is 2.22. The van der Waals surface area contributed by atoms with Gasteiger partial charge in [0.2, 0.25) is 0 Å². The minimum absolute atomic E-state index is 0.186. The van der Waals surface area contributed by atoms with E-state index in [1.807, 2.05) is 6.92 Å². The average Bonchev–Trinajstić information content (AvgIpc) is 2.67. The molecule has 1 nitrogen and oxygen atoms in total. The van der Waals surface area contributed by atoms with Crippen molar-refractivity contribution >= 4 is 0 Å². The van der Waals surface area contributed by atoms with Gasteiger partial charge in [-0.2, -0.15) is 0 Å². The molecule has 0 heterocycles. The molecule has 0 fully saturated rings. The summed E-state index contributed by atoms with van der Waals surface area (Å²) in [6, 6.07) is 0.385. The van der Waals surface area contributed by atoms with E-state index in [4.69, 9.17) is 0 Å². The fraction of sp³-hybridized carbons (Fsp3) is 0.500. The maximum Gasteiger partial charge on any atom is 0.164 e. The molecule has 0 aromatic heterocycles. The Kier molecular flexibility index (Phi) is 3.19. The third kappa shape index (κ3) is 1.82. The molecule has 16 heavy (non-hydrogen) atoms. The van der Waals surface area contributed by atoms with Crippen molar-refractivity contribution in [1.82, 2.24) is 5.32 Å². The maximum absolute atomic E-state index is 13.6. The lowest BCUT2D eigenvalue weighted by molar-refractivity contribution is 0.459. The molecule has 0 spiro atoms. The Morgan fingerprint density at radius 2 is 2.06 bits per heavy atom. The van der Waals surface area contributed by atoms with E-state index in [1.54, 1.807) is 0 Å². The molecule has 1 N–H and O–H groups in total. The highest BCUT2D eigenvalue weighted by Crippen LogP contribution is 2.35. The van der Waals surface area contributed by atoms with Gasteiger partial charge in [0.1, 0.15) is 5.82 Å². The predicted molar refractivity (Wildman–Crippen MR) is 55.7 cm³/mol. The molecule has 1 aromatic carbocycles. The molecule has 88 valence electrons. The highest BCUT2D eigenvalue weighted by atomic mass is 19.2. The summed E-state index contributed by atoms with van der Waals surface area (Å²) >= 11 is 0. The van der Waals surface area contributed by atoms with Gasteiger partial charge in [-0.15, -0.1) is 0 Å². The Hall–Kier alpha value is -1.03. The zero-order valence-electron chi connectivity index (χ0n) is 9.12. The summed E-state index contributed by atoms with van der Waals surface area (Å²) in [5.74, 6) is -2.63. The summed E-state index contributed by atoms with van der Waals surface area (Å²) in [5, 5.41) is 3.11. The first-order valence-corrected chi connectivity index (χ1v) is 5.54. The topological polar surface area (TPSA) is 12.0 Å². The first kappa shape index (κ1) is 11.5. The summed E-state index contributed by atoms with van der Waals surface area (Å²) in [7, 11) is 0. The third-order valence-electron chi connectivity index (χ3n) is 2.99. The summed E-state index contributed by atoms with van der Waals surface area (Å²) in [6.45, 7) is 2.72. The number of halogens is 3. The van der Waals surface area contributed by atoms with E-state index in [1.165, 1.54) is 0 Å². The van der Waals surface area contributed by atoms with Gasteiger partial charge in [0.15, 0.2) is 11.6 Å². The second kappa shape index (κ2) is 4.45. The van der Waals surface area contributed by atoms with Crippen molar-refractivity contribution in [3.8, 4) is 0 Å². The minimum atomic E-state index is -1.10. The van der Waals surface area contributed by atoms with Crippen LogP contribution in [0.25, 0.3) is 0 Å². The summed E-state index contributed by atoms with van der Waals surface area (Å²) in [6.07, 6.45) is 2.01. The van der Waals surface area contributed by atoms with E-state index in [-0.39, 0.29) is 11.6 Å². The van der Waals surface area contributed by atoms with Gasteiger partial charge in [-0.3, -0.25) is 0 Å². The van der Waals surface area contributed by atoms with Crippen LogP contribution in [0.1, 0.15) is 36.9 Å². The molecule has 0 saturated carbocycles. The van der Waals surface area contributed by atoms with Gasteiger partial charge >= 0.3 is 0 Å². The standard InChI is InChI=1S/C12H14F3N/c1-2-5-16-10-4-3-7-8(13)6-9(14)12(15)11(7)10/h6,10,16H,2-5H2,1H3. The molecular formula is C12H14F3N. The Bertz CT molecular complexity index is 404. The number of nitrogens with one attached hydrogen (secondary N) is 1. The van der Waals surface area contributed by atoms with E-state index in [0.29, 0.717) is 24.5 Å². The van der Waals surface area contributed by atoms with Crippen molar-refractivity contribution in [2.45, 2.75) is 32.2 Å². The Morgan fingerprint density at radius 1 is 1.31 bits per heavy atom. The summed E-state index contributed by atoms with van der Waals surface area (Å²) < 4.78 is 40.1. The molecule has 0 amide bonds. The van der Waals surface area contributed by atoms with E-state index in [2.05, 4.69) is 5.32 Å². The smallest absolute Gasteiger partial charge is 0.164 e. The largest absolute Gasteiger partial charge is 0.310 e. The van der Waals surface area contributed by atoms with Crippen LogP contribution in [0, 0.1) is 17.5 Å². The van der Waals surface area contributed by atoms with E-state index >= 15 is 0 Å². The number of benzene rings is 1. The van der Waals surface area contributed by atoms with Gasteiger partial charge in [0.05, 0.1) is 0 Å². The highest BCUT2D eigenvalue weighted by molar-refractivity contribution is 5.37. The van der Waals surface area contributed by atoms with Crippen LogP contribution < -0.4 is 5.32 Å². The molecule has 0 saturated heterocycles. The lowest BCUT2D eigenvalue weighted by Crippen LogP contribution is -2.21. The fourth-order valence-electron chi connectivity index (χ4n) is 2.22. The van der Waals surface area contributed by atoms with Crippen LogP contribution in [-0.2, 0) is 6.42 Å². The van der Waals surface area contributed by atoms with Crippen molar-refractivity contribution in [3.63, 3.8) is 0 Å². The van der Waals surface area contributed by atoms with E-state index in [0.717, 1.165) is 13.0 Å². The average molecular weight is 229 g/mol. The van der Waals surface area contributed by atoms with Gasteiger partial charge < -0.3 is 5.32 Å². The highest BCUT2D eigenvalue weighted by Gasteiger charge is 2.30. The quantitative estimate of drug-likeness (QED) is 0.785. The molecule has 1 aromatic rings. The third-order valence-corrected chi connectivity index (χ3v) is 2.99.